The van der Waals surface area contributed by atoms with Crippen molar-refractivity contribution in [3.63, 3.8) is 0 Å². The zero-order valence-electron chi connectivity index (χ0n) is 9.77. The van der Waals surface area contributed by atoms with Crippen LogP contribution < -0.4 is 5.73 Å². The van der Waals surface area contributed by atoms with E-state index in [1.54, 1.807) is 6.26 Å². The molecule has 2 N–H and O–H groups in total. The molecule has 0 radical (unpaired) electrons. The molecule has 0 bridgehead atoms. The van der Waals surface area contributed by atoms with Crippen LogP contribution in [-0.2, 0) is 6.42 Å². The third-order valence-corrected chi connectivity index (χ3v) is 3.28. The first kappa shape index (κ1) is 12.3. The van der Waals surface area contributed by atoms with Gasteiger partial charge in [-0.15, -0.1) is 0 Å². The number of aryl methyl sites for hydroxylation is 2. The Kier molecular flexibility index (Phi) is 3.59. The lowest BCUT2D eigenvalue weighted by molar-refractivity contribution is 0.485. The Morgan fingerprint density at radius 2 is 2.24 bits per heavy atom. The number of aromatic nitrogens is 2. The van der Waals surface area contributed by atoms with E-state index in [4.69, 9.17) is 10.2 Å². The van der Waals surface area contributed by atoms with E-state index in [0.717, 1.165) is 27.8 Å². The fourth-order valence-corrected chi connectivity index (χ4v) is 2.19. The summed E-state index contributed by atoms with van der Waals surface area (Å²) < 4.78 is 6.28. The predicted molar refractivity (Wildman–Crippen MR) is 68.6 cm³/mol. The van der Waals surface area contributed by atoms with E-state index in [1.807, 2.05) is 26.0 Å². The molecule has 0 saturated heterocycles. The molecular formula is C12H14BrN3O. The molecule has 1 atom stereocenters. The van der Waals surface area contributed by atoms with Crippen LogP contribution in [0.2, 0.25) is 0 Å². The van der Waals surface area contributed by atoms with Crippen LogP contribution in [0.1, 0.15) is 35.7 Å². The highest BCUT2D eigenvalue weighted by Gasteiger charge is 2.19. The zero-order chi connectivity index (χ0) is 12.4. The summed E-state index contributed by atoms with van der Waals surface area (Å²) in [7, 11) is 0. The van der Waals surface area contributed by atoms with Crippen molar-refractivity contribution in [2.24, 2.45) is 5.73 Å². The Morgan fingerprint density at radius 3 is 2.82 bits per heavy atom. The van der Waals surface area contributed by atoms with Gasteiger partial charge in [0.15, 0.2) is 0 Å². The van der Waals surface area contributed by atoms with Crippen molar-refractivity contribution in [2.75, 3.05) is 0 Å². The van der Waals surface area contributed by atoms with Crippen molar-refractivity contribution >= 4 is 15.9 Å². The Hall–Kier alpha value is -1.20. The Morgan fingerprint density at radius 1 is 1.47 bits per heavy atom. The molecule has 0 spiro atoms. The van der Waals surface area contributed by atoms with Gasteiger partial charge in [-0.05, 0) is 41.4 Å². The molecule has 90 valence electrons. The number of nitrogens with two attached hydrogens (primary N) is 1. The second-order valence-electron chi connectivity index (χ2n) is 3.85. The Labute approximate surface area is 108 Å². The zero-order valence-corrected chi connectivity index (χ0v) is 11.4. The van der Waals surface area contributed by atoms with E-state index in [2.05, 4.69) is 26.1 Å². The second-order valence-corrected chi connectivity index (χ2v) is 4.71. The van der Waals surface area contributed by atoms with Crippen molar-refractivity contribution in [3.05, 3.63) is 45.6 Å². The summed E-state index contributed by atoms with van der Waals surface area (Å²) >= 11 is 3.42. The van der Waals surface area contributed by atoms with Gasteiger partial charge in [0.25, 0.3) is 0 Å². The fraction of sp³-hybridized carbons (Fsp3) is 0.333. The van der Waals surface area contributed by atoms with E-state index in [0.29, 0.717) is 5.76 Å². The lowest BCUT2D eigenvalue weighted by Crippen LogP contribution is -2.15. The van der Waals surface area contributed by atoms with Gasteiger partial charge in [0.2, 0.25) is 0 Å². The molecule has 0 saturated carbocycles. The summed E-state index contributed by atoms with van der Waals surface area (Å²) in [5.41, 5.74) is 8.95. The third-order valence-electron chi connectivity index (χ3n) is 2.62. The highest BCUT2D eigenvalue weighted by molar-refractivity contribution is 9.10. The Balaban J connectivity index is 2.46. The molecule has 0 aliphatic rings. The minimum atomic E-state index is -0.316. The van der Waals surface area contributed by atoms with Gasteiger partial charge in [-0.1, -0.05) is 6.92 Å². The minimum absolute atomic E-state index is 0.316. The maximum Gasteiger partial charge on any atom is 0.139 e. The molecule has 0 aromatic carbocycles. The number of nitrogens with zero attached hydrogens (tertiary/aromatic N) is 2. The SMILES string of the molecule is CCc1nnc(C)cc1C(N)c1occc1Br. The number of furan rings is 1. The minimum Gasteiger partial charge on any atom is -0.466 e. The number of hydrogen-bond acceptors (Lipinski definition) is 4. The van der Waals surface area contributed by atoms with Gasteiger partial charge in [0.1, 0.15) is 5.76 Å². The van der Waals surface area contributed by atoms with Crippen molar-refractivity contribution in [2.45, 2.75) is 26.3 Å². The fourth-order valence-electron chi connectivity index (χ4n) is 1.75. The molecule has 2 aromatic heterocycles. The van der Waals surface area contributed by atoms with E-state index < -0.39 is 0 Å². The van der Waals surface area contributed by atoms with E-state index in [1.165, 1.54) is 0 Å². The Bertz CT molecular complexity index is 524. The maximum absolute atomic E-state index is 6.22. The van der Waals surface area contributed by atoms with Crippen molar-refractivity contribution in [1.82, 2.24) is 10.2 Å². The lowest BCUT2D eigenvalue weighted by atomic mass is 10.0. The van der Waals surface area contributed by atoms with Crippen LogP contribution in [0.25, 0.3) is 0 Å². The summed E-state index contributed by atoms with van der Waals surface area (Å²) in [6, 6.07) is 3.48. The van der Waals surface area contributed by atoms with Crippen LogP contribution >= 0.6 is 15.9 Å². The first-order valence-corrected chi connectivity index (χ1v) is 6.24. The first-order valence-electron chi connectivity index (χ1n) is 5.45. The monoisotopic (exact) mass is 295 g/mol. The molecule has 1 unspecified atom stereocenters. The summed E-state index contributed by atoms with van der Waals surface area (Å²) in [6.07, 6.45) is 2.42. The van der Waals surface area contributed by atoms with E-state index in [-0.39, 0.29) is 6.04 Å². The van der Waals surface area contributed by atoms with Gasteiger partial charge in [-0.3, -0.25) is 0 Å². The van der Waals surface area contributed by atoms with Crippen LogP contribution in [0.15, 0.2) is 27.3 Å². The third kappa shape index (κ3) is 2.40. The van der Waals surface area contributed by atoms with Gasteiger partial charge < -0.3 is 10.2 Å². The smallest absolute Gasteiger partial charge is 0.139 e. The van der Waals surface area contributed by atoms with Crippen LogP contribution in [0, 0.1) is 6.92 Å². The van der Waals surface area contributed by atoms with Gasteiger partial charge in [0, 0.05) is 5.56 Å². The lowest BCUT2D eigenvalue weighted by Gasteiger charge is -2.13. The summed E-state index contributed by atoms with van der Waals surface area (Å²) in [4.78, 5) is 0. The standard InChI is InChI=1S/C12H14BrN3O/c1-3-10-8(6-7(2)15-16-10)11(14)12-9(13)4-5-17-12/h4-6,11H,3,14H2,1-2H3. The summed E-state index contributed by atoms with van der Waals surface area (Å²) in [6.45, 7) is 3.94. The van der Waals surface area contributed by atoms with Crippen LogP contribution in [0.5, 0.6) is 0 Å². The molecule has 5 heteroatoms. The molecular weight excluding hydrogens is 282 g/mol. The summed E-state index contributed by atoms with van der Waals surface area (Å²) in [5.74, 6) is 0.715. The number of hydrogen-bond donors (Lipinski definition) is 1. The largest absolute Gasteiger partial charge is 0.466 e. The summed E-state index contributed by atoms with van der Waals surface area (Å²) in [5, 5.41) is 8.22. The molecule has 2 rings (SSSR count). The van der Waals surface area contributed by atoms with Gasteiger partial charge >= 0.3 is 0 Å². The first-order chi connectivity index (χ1) is 8.13. The van der Waals surface area contributed by atoms with Crippen molar-refractivity contribution in [1.29, 1.82) is 0 Å². The molecule has 4 nitrogen and oxygen atoms in total. The molecule has 0 aliphatic carbocycles. The molecule has 0 amide bonds. The average molecular weight is 296 g/mol. The van der Waals surface area contributed by atoms with Gasteiger partial charge in [-0.25, -0.2) is 0 Å². The molecule has 2 heterocycles. The quantitative estimate of drug-likeness (QED) is 0.946. The van der Waals surface area contributed by atoms with E-state index >= 15 is 0 Å². The average Bonchev–Trinajstić information content (AvgIpc) is 2.74. The van der Waals surface area contributed by atoms with E-state index in [9.17, 15) is 0 Å². The maximum atomic E-state index is 6.22. The molecule has 17 heavy (non-hydrogen) atoms. The van der Waals surface area contributed by atoms with Crippen LogP contribution in [-0.4, -0.2) is 10.2 Å². The highest BCUT2D eigenvalue weighted by atomic mass is 79.9. The number of halogens is 1. The predicted octanol–water partition coefficient (Wildman–Crippen LogP) is 2.75. The topological polar surface area (TPSA) is 64.9 Å². The van der Waals surface area contributed by atoms with Crippen molar-refractivity contribution in [3.8, 4) is 0 Å². The highest BCUT2D eigenvalue weighted by Crippen LogP contribution is 2.29. The normalized spacial score (nSPS) is 12.7. The second kappa shape index (κ2) is 4.98. The molecule has 2 aromatic rings. The van der Waals surface area contributed by atoms with Crippen molar-refractivity contribution < 1.29 is 4.42 Å². The number of rotatable bonds is 3. The molecule has 0 aliphatic heterocycles. The van der Waals surface area contributed by atoms with Gasteiger partial charge in [0.05, 0.1) is 28.2 Å². The van der Waals surface area contributed by atoms with Gasteiger partial charge in [-0.2, -0.15) is 10.2 Å². The van der Waals surface area contributed by atoms with Crippen LogP contribution in [0.4, 0.5) is 0 Å². The van der Waals surface area contributed by atoms with Crippen LogP contribution in [0.3, 0.4) is 0 Å². The molecule has 0 fully saturated rings.